The summed E-state index contributed by atoms with van der Waals surface area (Å²) < 4.78 is 5.26. The van der Waals surface area contributed by atoms with Gasteiger partial charge in [0.25, 0.3) is 0 Å². The molecule has 0 saturated carbocycles. The molecule has 17 heavy (non-hydrogen) atoms. The van der Waals surface area contributed by atoms with Crippen molar-refractivity contribution in [1.29, 1.82) is 0 Å². The minimum absolute atomic E-state index is 0.319. The maximum atomic E-state index is 12.0. The third-order valence-electron chi connectivity index (χ3n) is 2.62. The minimum atomic E-state index is -1.04. The van der Waals surface area contributed by atoms with E-state index in [9.17, 15) is 15.0 Å². The van der Waals surface area contributed by atoms with E-state index in [1.165, 1.54) is 4.90 Å². The first-order valence-electron chi connectivity index (χ1n) is 5.65. The number of rotatable bonds is 2. The largest absolute Gasteiger partial charge is 0.444 e. The van der Waals surface area contributed by atoms with E-state index in [1.54, 1.807) is 26.8 Å². The Hall–Kier alpha value is -1.07. The lowest BCUT2D eigenvalue weighted by molar-refractivity contribution is -0.0120. The van der Waals surface area contributed by atoms with E-state index in [-0.39, 0.29) is 13.2 Å². The second-order valence-corrected chi connectivity index (χ2v) is 5.48. The van der Waals surface area contributed by atoms with Crippen LogP contribution in [0.2, 0.25) is 0 Å². The number of aliphatic hydroxyl groups excluding tert-OH is 2. The van der Waals surface area contributed by atoms with Crippen molar-refractivity contribution in [2.24, 2.45) is 0 Å². The van der Waals surface area contributed by atoms with Crippen molar-refractivity contribution in [3.05, 3.63) is 11.6 Å². The SMILES string of the molecule is CC1=CC(CO)(CO)N(C(=O)OC(C)(C)C)C1. The molecule has 0 spiro atoms. The van der Waals surface area contributed by atoms with Crippen LogP contribution in [0.4, 0.5) is 4.79 Å². The summed E-state index contributed by atoms with van der Waals surface area (Å²) in [4.78, 5) is 13.4. The second-order valence-electron chi connectivity index (χ2n) is 5.48. The van der Waals surface area contributed by atoms with Crippen LogP contribution in [0.25, 0.3) is 0 Å². The quantitative estimate of drug-likeness (QED) is 0.707. The van der Waals surface area contributed by atoms with E-state index in [4.69, 9.17) is 4.74 Å². The summed E-state index contributed by atoms with van der Waals surface area (Å²) in [7, 11) is 0. The fourth-order valence-electron chi connectivity index (χ4n) is 1.86. The molecule has 5 heteroatoms. The Labute approximate surface area is 102 Å². The highest BCUT2D eigenvalue weighted by Gasteiger charge is 2.43. The fraction of sp³-hybridized carbons (Fsp3) is 0.750. The zero-order valence-corrected chi connectivity index (χ0v) is 10.9. The molecule has 0 fully saturated rings. The first-order valence-corrected chi connectivity index (χ1v) is 5.65. The van der Waals surface area contributed by atoms with Crippen molar-refractivity contribution >= 4 is 6.09 Å². The maximum absolute atomic E-state index is 12.0. The Kier molecular flexibility index (Phi) is 3.84. The van der Waals surface area contributed by atoms with Gasteiger partial charge in [-0.25, -0.2) is 4.79 Å². The van der Waals surface area contributed by atoms with E-state index < -0.39 is 17.2 Å². The third-order valence-corrected chi connectivity index (χ3v) is 2.62. The number of ether oxygens (including phenoxy) is 1. The van der Waals surface area contributed by atoms with Gasteiger partial charge in [0.15, 0.2) is 0 Å². The van der Waals surface area contributed by atoms with Crippen LogP contribution in [0.1, 0.15) is 27.7 Å². The molecule has 0 saturated heterocycles. The lowest BCUT2D eigenvalue weighted by Gasteiger charge is -2.35. The Morgan fingerprint density at radius 1 is 1.47 bits per heavy atom. The van der Waals surface area contributed by atoms with Crippen molar-refractivity contribution in [3.8, 4) is 0 Å². The monoisotopic (exact) mass is 243 g/mol. The average molecular weight is 243 g/mol. The lowest BCUT2D eigenvalue weighted by Crippen LogP contribution is -2.54. The standard InChI is InChI=1S/C12H21NO4/c1-9-5-12(7-14,8-15)13(6-9)10(16)17-11(2,3)4/h5,14-15H,6-8H2,1-4H3. The van der Waals surface area contributed by atoms with Crippen molar-refractivity contribution in [2.45, 2.75) is 38.8 Å². The molecule has 5 nitrogen and oxygen atoms in total. The van der Waals surface area contributed by atoms with Gasteiger partial charge in [-0.15, -0.1) is 0 Å². The van der Waals surface area contributed by atoms with Crippen LogP contribution in [-0.2, 0) is 4.74 Å². The number of nitrogens with zero attached hydrogens (tertiary/aromatic N) is 1. The molecule has 0 radical (unpaired) electrons. The van der Waals surface area contributed by atoms with Crippen LogP contribution < -0.4 is 0 Å². The third kappa shape index (κ3) is 2.98. The Morgan fingerprint density at radius 2 is 2.00 bits per heavy atom. The Bertz CT molecular complexity index is 326. The van der Waals surface area contributed by atoms with Gasteiger partial charge in [0.2, 0.25) is 0 Å². The van der Waals surface area contributed by atoms with E-state index in [0.29, 0.717) is 6.54 Å². The zero-order chi connectivity index (χ0) is 13.3. The average Bonchev–Trinajstić information content (AvgIpc) is 2.54. The fourth-order valence-corrected chi connectivity index (χ4v) is 1.86. The Balaban J connectivity index is 2.88. The lowest BCUT2D eigenvalue weighted by atomic mass is 10.0. The smallest absolute Gasteiger partial charge is 0.411 e. The molecule has 2 N–H and O–H groups in total. The number of aliphatic hydroxyl groups is 2. The summed E-state index contributed by atoms with van der Waals surface area (Å²) >= 11 is 0. The highest BCUT2D eigenvalue weighted by Crippen LogP contribution is 2.28. The topological polar surface area (TPSA) is 70.0 Å². The number of carbonyl (C=O) groups is 1. The maximum Gasteiger partial charge on any atom is 0.411 e. The first kappa shape index (κ1) is 14.0. The molecular formula is C12H21NO4. The van der Waals surface area contributed by atoms with E-state index in [2.05, 4.69) is 0 Å². The van der Waals surface area contributed by atoms with Crippen LogP contribution >= 0.6 is 0 Å². The molecule has 0 unspecified atom stereocenters. The molecule has 1 aliphatic heterocycles. The van der Waals surface area contributed by atoms with Crippen molar-refractivity contribution in [3.63, 3.8) is 0 Å². The number of hydrogen-bond donors (Lipinski definition) is 2. The van der Waals surface area contributed by atoms with E-state index in [0.717, 1.165) is 5.57 Å². The van der Waals surface area contributed by atoms with Gasteiger partial charge in [0, 0.05) is 6.54 Å². The number of carbonyl (C=O) groups excluding carboxylic acids is 1. The molecule has 0 atom stereocenters. The molecule has 1 amide bonds. The molecule has 0 aromatic carbocycles. The molecule has 0 bridgehead atoms. The van der Waals surface area contributed by atoms with Crippen molar-refractivity contribution in [1.82, 2.24) is 4.90 Å². The highest BCUT2D eigenvalue weighted by atomic mass is 16.6. The molecular weight excluding hydrogens is 222 g/mol. The van der Waals surface area contributed by atoms with Crippen LogP contribution in [-0.4, -0.2) is 52.1 Å². The molecule has 1 aliphatic rings. The second kappa shape index (κ2) is 4.66. The van der Waals surface area contributed by atoms with Crippen LogP contribution in [0, 0.1) is 0 Å². The summed E-state index contributed by atoms with van der Waals surface area (Å²) in [5, 5.41) is 18.8. The molecule has 1 rings (SSSR count). The van der Waals surface area contributed by atoms with Gasteiger partial charge in [-0.2, -0.15) is 0 Å². The van der Waals surface area contributed by atoms with Crippen molar-refractivity contribution in [2.75, 3.05) is 19.8 Å². The predicted molar refractivity (Wildman–Crippen MR) is 63.6 cm³/mol. The van der Waals surface area contributed by atoms with Crippen molar-refractivity contribution < 1.29 is 19.7 Å². The summed E-state index contributed by atoms with van der Waals surface area (Å²) in [6, 6.07) is 0. The van der Waals surface area contributed by atoms with Gasteiger partial charge in [0.1, 0.15) is 11.1 Å². The molecule has 98 valence electrons. The highest BCUT2D eigenvalue weighted by molar-refractivity contribution is 5.71. The van der Waals surface area contributed by atoms with Crippen LogP contribution in [0.3, 0.4) is 0 Å². The van der Waals surface area contributed by atoms with Gasteiger partial charge in [-0.05, 0) is 27.7 Å². The predicted octanol–water partition coefficient (Wildman–Crippen LogP) is 0.907. The van der Waals surface area contributed by atoms with Gasteiger partial charge in [-0.1, -0.05) is 11.6 Å². The van der Waals surface area contributed by atoms with E-state index in [1.807, 2.05) is 6.92 Å². The minimum Gasteiger partial charge on any atom is -0.444 e. The summed E-state index contributed by atoms with van der Waals surface area (Å²) in [5.41, 5.74) is -0.699. The van der Waals surface area contributed by atoms with Gasteiger partial charge >= 0.3 is 6.09 Å². The Morgan fingerprint density at radius 3 is 2.41 bits per heavy atom. The molecule has 0 aromatic heterocycles. The molecule has 0 aliphatic carbocycles. The summed E-state index contributed by atoms with van der Waals surface area (Å²) in [6.45, 7) is 6.92. The van der Waals surface area contributed by atoms with Gasteiger partial charge < -0.3 is 14.9 Å². The van der Waals surface area contributed by atoms with Crippen LogP contribution in [0.5, 0.6) is 0 Å². The molecule has 1 heterocycles. The first-order chi connectivity index (χ1) is 7.74. The van der Waals surface area contributed by atoms with Gasteiger partial charge in [0.05, 0.1) is 13.2 Å². The van der Waals surface area contributed by atoms with Gasteiger partial charge in [-0.3, -0.25) is 4.90 Å². The molecule has 0 aromatic rings. The number of hydrogen-bond acceptors (Lipinski definition) is 4. The van der Waals surface area contributed by atoms with E-state index >= 15 is 0 Å². The van der Waals surface area contributed by atoms with Crippen LogP contribution in [0.15, 0.2) is 11.6 Å². The zero-order valence-electron chi connectivity index (χ0n) is 10.9. The summed E-state index contributed by atoms with van der Waals surface area (Å²) in [5.74, 6) is 0. The number of amides is 1. The summed E-state index contributed by atoms with van der Waals surface area (Å²) in [6.07, 6.45) is 1.20. The normalized spacial score (nSPS) is 19.2.